The molecule has 0 fully saturated rings. The summed E-state index contributed by atoms with van der Waals surface area (Å²) in [6.07, 6.45) is 4.33. The van der Waals surface area contributed by atoms with Crippen molar-refractivity contribution < 1.29 is 0 Å². The summed E-state index contributed by atoms with van der Waals surface area (Å²) in [6.45, 7) is 20.5. The number of nitrogens with one attached hydrogen (secondary N) is 1. The summed E-state index contributed by atoms with van der Waals surface area (Å²) in [6, 6.07) is 13.7. The van der Waals surface area contributed by atoms with Gasteiger partial charge in [-0.15, -0.1) is 0 Å². The summed E-state index contributed by atoms with van der Waals surface area (Å²) in [4.78, 5) is 8.42. The highest BCUT2D eigenvalue weighted by molar-refractivity contribution is 5.81. The van der Waals surface area contributed by atoms with Crippen molar-refractivity contribution in [2.45, 2.75) is 97.3 Å². The molecule has 0 bridgehead atoms. The van der Waals surface area contributed by atoms with E-state index < -0.39 is 0 Å². The molecule has 2 heterocycles. The number of fused-ring (bicyclic) bond motifs is 1. The van der Waals surface area contributed by atoms with E-state index in [1.165, 1.54) is 33.4 Å². The highest BCUT2D eigenvalue weighted by Crippen LogP contribution is 2.34. The van der Waals surface area contributed by atoms with Crippen LogP contribution in [0.25, 0.3) is 10.9 Å². The number of pyridine rings is 1. The Labute approximate surface area is 183 Å². The lowest BCUT2D eigenvalue weighted by Crippen LogP contribution is -2.21. The predicted molar refractivity (Wildman–Crippen MR) is 131 cm³/mol. The van der Waals surface area contributed by atoms with Crippen molar-refractivity contribution >= 4 is 10.9 Å². The first-order valence-corrected chi connectivity index (χ1v) is 11.4. The zero-order chi connectivity index (χ0) is 22.3. The molecule has 1 unspecified atom stereocenters. The first-order chi connectivity index (χ1) is 13.8. The minimum Gasteiger partial charge on any atom is -0.358 e. The van der Waals surface area contributed by atoms with Crippen LogP contribution in [-0.4, -0.2) is 9.97 Å². The van der Waals surface area contributed by atoms with Gasteiger partial charge in [-0.1, -0.05) is 74.4 Å². The lowest BCUT2D eigenvalue weighted by Gasteiger charge is -2.27. The molecule has 1 N–H and O–H groups in total. The van der Waals surface area contributed by atoms with Crippen LogP contribution in [0.15, 0.2) is 42.6 Å². The monoisotopic (exact) mass is 404 g/mol. The van der Waals surface area contributed by atoms with Gasteiger partial charge in [0.05, 0.1) is 0 Å². The third-order valence-electron chi connectivity index (χ3n) is 6.55. The molecule has 1 atom stereocenters. The van der Waals surface area contributed by atoms with Gasteiger partial charge in [-0.3, -0.25) is 4.98 Å². The maximum Gasteiger partial charge on any atom is 0.0460 e. The van der Waals surface area contributed by atoms with Crippen LogP contribution < -0.4 is 0 Å². The van der Waals surface area contributed by atoms with Gasteiger partial charge in [0, 0.05) is 33.9 Å². The van der Waals surface area contributed by atoms with Gasteiger partial charge in [0.2, 0.25) is 0 Å². The Bertz CT molecular complexity index is 992. The quantitative estimate of drug-likeness (QED) is 0.458. The largest absolute Gasteiger partial charge is 0.358 e. The Kier molecular flexibility index (Phi) is 5.93. The maximum atomic E-state index is 4.83. The van der Waals surface area contributed by atoms with Crippen molar-refractivity contribution in [3.05, 3.63) is 65.1 Å². The van der Waals surface area contributed by atoms with Crippen LogP contribution in [0.1, 0.15) is 104 Å². The average Bonchev–Trinajstić information content (AvgIpc) is 3.09. The molecular weight excluding hydrogens is 364 g/mol. The summed E-state index contributed by atoms with van der Waals surface area (Å²) in [5.74, 6) is 0.524. The van der Waals surface area contributed by atoms with Gasteiger partial charge in [0.25, 0.3) is 0 Å². The van der Waals surface area contributed by atoms with Crippen LogP contribution in [0.5, 0.6) is 0 Å². The summed E-state index contributed by atoms with van der Waals surface area (Å²) in [7, 11) is 0. The second-order valence-corrected chi connectivity index (χ2v) is 11.8. The minimum atomic E-state index is 0.0717. The van der Waals surface area contributed by atoms with E-state index in [0.717, 1.165) is 12.8 Å². The summed E-state index contributed by atoms with van der Waals surface area (Å²) in [5.41, 5.74) is 6.81. The van der Waals surface area contributed by atoms with E-state index >= 15 is 0 Å². The first-order valence-electron chi connectivity index (χ1n) is 11.4. The molecule has 0 saturated heterocycles. The number of hydrogen-bond acceptors (Lipinski definition) is 1. The first kappa shape index (κ1) is 22.6. The molecule has 0 aliphatic heterocycles. The van der Waals surface area contributed by atoms with E-state index in [2.05, 4.69) is 110 Å². The molecule has 162 valence electrons. The van der Waals surface area contributed by atoms with Crippen LogP contribution >= 0.6 is 0 Å². The molecule has 1 aromatic carbocycles. The number of hydrogen-bond donors (Lipinski definition) is 1. The van der Waals surface area contributed by atoms with Crippen LogP contribution in [0.2, 0.25) is 0 Å². The van der Waals surface area contributed by atoms with Crippen molar-refractivity contribution in [1.82, 2.24) is 9.97 Å². The van der Waals surface area contributed by atoms with E-state index in [1.807, 2.05) is 0 Å². The SMILES string of the molecule is CC(CCC(C)(C)c1ccc(C(C)(C)C)cn1)c1ccc2[nH]c(C(C)(C)C)cc2c1. The number of aromatic nitrogens is 2. The van der Waals surface area contributed by atoms with Gasteiger partial charge >= 0.3 is 0 Å². The van der Waals surface area contributed by atoms with Crippen LogP contribution in [0.4, 0.5) is 0 Å². The fourth-order valence-electron chi connectivity index (χ4n) is 3.97. The van der Waals surface area contributed by atoms with E-state index in [4.69, 9.17) is 4.98 Å². The Morgan fingerprint density at radius 2 is 1.57 bits per heavy atom. The van der Waals surface area contributed by atoms with Gasteiger partial charge in [-0.25, -0.2) is 0 Å². The smallest absolute Gasteiger partial charge is 0.0460 e. The Morgan fingerprint density at radius 1 is 0.867 bits per heavy atom. The van der Waals surface area contributed by atoms with Crippen LogP contribution in [0.3, 0.4) is 0 Å². The molecule has 0 aliphatic rings. The van der Waals surface area contributed by atoms with Crippen LogP contribution in [0, 0.1) is 0 Å². The molecule has 3 rings (SSSR count). The molecular formula is C28H40N2. The minimum absolute atomic E-state index is 0.0717. The van der Waals surface area contributed by atoms with Crippen molar-refractivity contribution in [1.29, 1.82) is 0 Å². The summed E-state index contributed by atoms with van der Waals surface area (Å²) >= 11 is 0. The van der Waals surface area contributed by atoms with Gasteiger partial charge in [0.15, 0.2) is 0 Å². The van der Waals surface area contributed by atoms with E-state index in [0.29, 0.717) is 5.92 Å². The Hall–Kier alpha value is -2.09. The second-order valence-electron chi connectivity index (χ2n) is 11.8. The fraction of sp³-hybridized carbons (Fsp3) is 0.536. The number of H-pyrrole nitrogens is 1. The number of benzene rings is 1. The topological polar surface area (TPSA) is 28.7 Å². The number of nitrogens with zero attached hydrogens (tertiary/aromatic N) is 1. The molecule has 0 amide bonds. The van der Waals surface area contributed by atoms with Crippen molar-refractivity contribution in [2.24, 2.45) is 0 Å². The molecule has 0 radical (unpaired) electrons. The third-order valence-corrected chi connectivity index (χ3v) is 6.55. The van der Waals surface area contributed by atoms with Crippen molar-refractivity contribution in [2.75, 3.05) is 0 Å². The zero-order valence-electron chi connectivity index (χ0n) is 20.5. The second kappa shape index (κ2) is 7.87. The molecule has 3 aromatic rings. The summed E-state index contributed by atoms with van der Waals surface area (Å²) < 4.78 is 0. The molecule has 2 nitrogen and oxygen atoms in total. The fourth-order valence-corrected chi connectivity index (χ4v) is 3.97. The van der Waals surface area contributed by atoms with E-state index in [9.17, 15) is 0 Å². The van der Waals surface area contributed by atoms with E-state index in [1.54, 1.807) is 0 Å². The Morgan fingerprint density at radius 3 is 2.13 bits per heavy atom. The third kappa shape index (κ3) is 4.96. The Balaban J connectivity index is 1.71. The van der Waals surface area contributed by atoms with E-state index in [-0.39, 0.29) is 16.2 Å². The highest BCUT2D eigenvalue weighted by atomic mass is 14.7. The molecule has 0 spiro atoms. The van der Waals surface area contributed by atoms with Crippen LogP contribution in [-0.2, 0) is 16.2 Å². The van der Waals surface area contributed by atoms with Gasteiger partial charge < -0.3 is 4.98 Å². The van der Waals surface area contributed by atoms with Gasteiger partial charge in [0.1, 0.15) is 0 Å². The summed E-state index contributed by atoms with van der Waals surface area (Å²) in [5, 5.41) is 1.32. The molecule has 0 saturated carbocycles. The maximum absolute atomic E-state index is 4.83. The normalized spacial score (nSPS) is 14.3. The molecule has 2 aromatic heterocycles. The number of rotatable bonds is 5. The van der Waals surface area contributed by atoms with Crippen molar-refractivity contribution in [3.63, 3.8) is 0 Å². The average molecular weight is 405 g/mol. The zero-order valence-corrected chi connectivity index (χ0v) is 20.5. The molecule has 2 heteroatoms. The highest BCUT2D eigenvalue weighted by Gasteiger charge is 2.24. The number of aromatic amines is 1. The van der Waals surface area contributed by atoms with Gasteiger partial charge in [-0.2, -0.15) is 0 Å². The molecule has 0 aliphatic carbocycles. The molecule has 30 heavy (non-hydrogen) atoms. The van der Waals surface area contributed by atoms with Gasteiger partial charge in [-0.05, 0) is 65.0 Å². The van der Waals surface area contributed by atoms with Crippen molar-refractivity contribution in [3.8, 4) is 0 Å². The standard InChI is InChI=1S/C28H40N2/c1-19(20-10-12-23-21(16-20)17-25(30-23)27(5,6)7)14-15-28(8,9)24-13-11-22(18-29-24)26(2,3)4/h10-13,16-19,30H,14-15H2,1-9H3. The lowest BCUT2D eigenvalue weighted by atomic mass is 9.79. The lowest BCUT2D eigenvalue weighted by molar-refractivity contribution is 0.428. The predicted octanol–water partition coefficient (Wildman–Crippen LogP) is 8.02.